The van der Waals surface area contributed by atoms with Gasteiger partial charge in [-0.3, -0.25) is 13.9 Å². The van der Waals surface area contributed by atoms with Crippen LogP contribution in [0.4, 0.5) is 5.69 Å². The maximum absolute atomic E-state index is 14.8. The van der Waals surface area contributed by atoms with E-state index >= 15 is 0 Å². The first-order valence-electron chi connectivity index (χ1n) is 16.4. The topological polar surface area (TPSA) is 96.0 Å². The molecule has 0 spiro atoms. The molecule has 0 aliphatic heterocycles. The Morgan fingerprint density at radius 3 is 2.19 bits per heavy atom. The second kappa shape index (κ2) is 16.7. The summed E-state index contributed by atoms with van der Waals surface area (Å²) >= 11 is 6.36. The lowest BCUT2D eigenvalue weighted by molar-refractivity contribution is -0.140. The minimum Gasteiger partial charge on any atom is -0.492 e. The zero-order chi connectivity index (χ0) is 33.9. The van der Waals surface area contributed by atoms with E-state index in [2.05, 4.69) is 5.32 Å². The monoisotopic (exact) mass is 687 g/mol. The van der Waals surface area contributed by atoms with E-state index in [1.807, 2.05) is 43.3 Å². The van der Waals surface area contributed by atoms with Gasteiger partial charge in [-0.2, -0.15) is 0 Å². The number of sulfonamides is 1. The van der Waals surface area contributed by atoms with Crippen molar-refractivity contribution in [2.45, 2.75) is 69.0 Å². The molecule has 0 unspecified atom stereocenters. The number of hydrogen-bond acceptors (Lipinski definition) is 5. The van der Waals surface area contributed by atoms with Crippen LogP contribution >= 0.6 is 11.6 Å². The molecule has 1 fully saturated rings. The molecule has 0 bridgehead atoms. The van der Waals surface area contributed by atoms with Crippen molar-refractivity contribution in [2.75, 3.05) is 17.5 Å². The van der Waals surface area contributed by atoms with Gasteiger partial charge in [-0.05, 0) is 67.3 Å². The maximum atomic E-state index is 14.8. The fourth-order valence-electron chi connectivity index (χ4n) is 6.10. The highest BCUT2D eigenvalue weighted by Crippen LogP contribution is 2.33. The Kier molecular flexibility index (Phi) is 12.1. The van der Waals surface area contributed by atoms with Crippen molar-refractivity contribution in [3.8, 4) is 5.75 Å². The normalized spacial score (nSPS) is 14.1. The summed E-state index contributed by atoms with van der Waals surface area (Å²) < 4.78 is 35.5. The van der Waals surface area contributed by atoms with Gasteiger partial charge in [-0.1, -0.05) is 104 Å². The van der Waals surface area contributed by atoms with Crippen molar-refractivity contribution < 1.29 is 22.7 Å². The van der Waals surface area contributed by atoms with Gasteiger partial charge in [0.15, 0.2) is 0 Å². The summed E-state index contributed by atoms with van der Waals surface area (Å²) in [7, 11) is -4.25. The number of carbonyl (C=O) groups excluding carboxylic acids is 2. The summed E-state index contributed by atoms with van der Waals surface area (Å²) in [5, 5.41) is 3.72. The molecule has 0 saturated heterocycles. The largest absolute Gasteiger partial charge is 0.492 e. The first-order valence-corrected chi connectivity index (χ1v) is 18.3. The number of hydrogen-bond donors (Lipinski definition) is 1. The van der Waals surface area contributed by atoms with Crippen molar-refractivity contribution in [3.63, 3.8) is 0 Å². The van der Waals surface area contributed by atoms with Crippen LogP contribution in [0.15, 0.2) is 114 Å². The van der Waals surface area contributed by atoms with E-state index in [-0.39, 0.29) is 35.5 Å². The lowest BCUT2D eigenvalue weighted by atomic mass is 9.94. The van der Waals surface area contributed by atoms with E-state index in [0.29, 0.717) is 22.9 Å². The number of rotatable bonds is 14. The van der Waals surface area contributed by atoms with E-state index in [0.717, 1.165) is 42.0 Å². The molecule has 5 rings (SSSR count). The highest BCUT2D eigenvalue weighted by atomic mass is 35.5. The Bertz CT molecular complexity index is 1770. The quantitative estimate of drug-likeness (QED) is 0.154. The second-order valence-corrected chi connectivity index (χ2v) is 14.2. The molecule has 10 heteroatoms. The standard InChI is InChI=1S/C38H42ClN3O5S/c1-2-47-36-24-13-12-23-34(36)42(48(45,46)33-21-10-5-11-22-33)28-37(43)41(27-30-17-14-18-31(39)25-30)35(26-29-15-6-3-7-16-29)38(44)40-32-19-8-4-9-20-32/h3,5-7,10-18,21-25,32,35H,2,4,8-9,19-20,26-28H2,1H3,(H,40,44)/t35-/m0/s1. The number of benzene rings is 4. The molecule has 1 saturated carbocycles. The molecule has 1 atom stereocenters. The van der Waals surface area contributed by atoms with Crippen molar-refractivity contribution in [2.24, 2.45) is 0 Å². The molecular weight excluding hydrogens is 646 g/mol. The fourth-order valence-corrected chi connectivity index (χ4v) is 7.76. The van der Waals surface area contributed by atoms with E-state index in [4.69, 9.17) is 16.3 Å². The first kappa shape index (κ1) is 35.0. The summed E-state index contributed by atoms with van der Waals surface area (Å²) in [5.41, 5.74) is 1.82. The number of carbonyl (C=O) groups is 2. The smallest absolute Gasteiger partial charge is 0.264 e. The fraction of sp³-hybridized carbons (Fsp3) is 0.316. The van der Waals surface area contributed by atoms with Crippen LogP contribution in [0.1, 0.15) is 50.2 Å². The molecule has 8 nitrogen and oxygen atoms in total. The van der Waals surface area contributed by atoms with Gasteiger partial charge in [0, 0.05) is 24.0 Å². The van der Waals surface area contributed by atoms with Gasteiger partial charge in [0.1, 0.15) is 18.3 Å². The second-order valence-electron chi connectivity index (χ2n) is 11.9. The number of para-hydroxylation sites is 2. The molecule has 0 aromatic heterocycles. The van der Waals surface area contributed by atoms with E-state index < -0.39 is 28.5 Å². The third-order valence-electron chi connectivity index (χ3n) is 8.51. The molecule has 4 aromatic rings. The van der Waals surface area contributed by atoms with Crippen LogP contribution in [0.3, 0.4) is 0 Å². The van der Waals surface area contributed by atoms with Crippen molar-refractivity contribution in [1.29, 1.82) is 0 Å². The first-order chi connectivity index (χ1) is 23.3. The van der Waals surface area contributed by atoms with Crippen LogP contribution in [0.2, 0.25) is 5.02 Å². The highest BCUT2D eigenvalue weighted by molar-refractivity contribution is 7.92. The number of ether oxygens (including phenoxy) is 1. The van der Waals surface area contributed by atoms with Gasteiger partial charge in [0.25, 0.3) is 10.0 Å². The van der Waals surface area contributed by atoms with Crippen LogP contribution in [-0.4, -0.2) is 50.4 Å². The van der Waals surface area contributed by atoms with Gasteiger partial charge < -0.3 is 15.0 Å². The molecular formula is C38H42ClN3O5S. The molecule has 2 amide bonds. The summed E-state index contributed by atoms with van der Waals surface area (Å²) in [5.74, 6) is -0.488. The predicted molar refractivity (Wildman–Crippen MR) is 190 cm³/mol. The van der Waals surface area contributed by atoms with Crippen LogP contribution in [-0.2, 0) is 32.6 Å². The summed E-state index contributed by atoms with van der Waals surface area (Å²) in [6.07, 6.45) is 5.20. The van der Waals surface area contributed by atoms with Crippen LogP contribution in [0.5, 0.6) is 5.75 Å². The number of halogens is 1. The lowest BCUT2D eigenvalue weighted by Gasteiger charge is -2.35. The molecule has 48 heavy (non-hydrogen) atoms. The summed E-state index contributed by atoms with van der Waals surface area (Å²) in [6, 6.07) is 30.5. The Hall–Kier alpha value is -4.34. The van der Waals surface area contributed by atoms with Crippen LogP contribution < -0.4 is 14.4 Å². The van der Waals surface area contributed by atoms with Gasteiger partial charge in [-0.15, -0.1) is 0 Å². The lowest BCUT2D eigenvalue weighted by Crippen LogP contribution is -2.55. The molecule has 1 N–H and O–H groups in total. The molecule has 1 aliphatic carbocycles. The molecule has 0 radical (unpaired) electrons. The van der Waals surface area contributed by atoms with Crippen molar-refractivity contribution >= 4 is 39.1 Å². The SMILES string of the molecule is CCOc1ccccc1N(CC(=O)N(Cc1cccc(Cl)c1)[C@@H](Cc1ccccc1)C(=O)NC1CCCCC1)S(=O)(=O)c1ccccc1. The number of anilines is 1. The maximum Gasteiger partial charge on any atom is 0.264 e. The number of nitrogens with zero attached hydrogens (tertiary/aromatic N) is 2. The molecule has 252 valence electrons. The van der Waals surface area contributed by atoms with Crippen LogP contribution in [0.25, 0.3) is 0 Å². The van der Waals surface area contributed by atoms with Gasteiger partial charge in [0.05, 0.1) is 17.2 Å². The zero-order valence-corrected chi connectivity index (χ0v) is 28.7. The van der Waals surface area contributed by atoms with Gasteiger partial charge >= 0.3 is 0 Å². The predicted octanol–water partition coefficient (Wildman–Crippen LogP) is 7.02. The minimum atomic E-state index is -4.25. The minimum absolute atomic E-state index is 0.0145. The average molecular weight is 688 g/mol. The Morgan fingerprint density at radius 2 is 1.50 bits per heavy atom. The van der Waals surface area contributed by atoms with Crippen LogP contribution in [0, 0.1) is 0 Å². The Balaban J connectivity index is 1.58. The van der Waals surface area contributed by atoms with E-state index in [9.17, 15) is 18.0 Å². The Labute approximate surface area is 288 Å². The number of amides is 2. The Morgan fingerprint density at radius 1 is 0.854 bits per heavy atom. The van der Waals surface area contributed by atoms with Crippen molar-refractivity contribution in [3.05, 3.63) is 125 Å². The van der Waals surface area contributed by atoms with E-state index in [1.54, 1.807) is 60.7 Å². The zero-order valence-electron chi connectivity index (χ0n) is 27.1. The molecule has 1 aliphatic rings. The van der Waals surface area contributed by atoms with Gasteiger partial charge in [-0.25, -0.2) is 8.42 Å². The molecule has 0 heterocycles. The highest BCUT2D eigenvalue weighted by Gasteiger charge is 2.36. The van der Waals surface area contributed by atoms with E-state index in [1.165, 1.54) is 17.0 Å². The molecule has 4 aromatic carbocycles. The summed E-state index contributed by atoms with van der Waals surface area (Å²) in [6.45, 7) is 1.58. The summed E-state index contributed by atoms with van der Waals surface area (Å²) in [4.78, 5) is 30.5. The van der Waals surface area contributed by atoms with Crippen molar-refractivity contribution in [1.82, 2.24) is 10.2 Å². The van der Waals surface area contributed by atoms with Gasteiger partial charge in [0.2, 0.25) is 11.8 Å². The average Bonchev–Trinajstić information content (AvgIpc) is 3.10. The third-order valence-corrected chi connectivity index (χ3v) is 10.5. The third kappa shape index (κ3) is 8.96. The number of nitrogens with one attached hydrogen (secondary N) is 1.